The highest BCUT2D eigenvalue weighted by Crippen LogP contribution is 2.21. The van der Waals surface area contributed by atoms with Crippen molar-refractivity contribution < 1.29 is 9.18 Å². The number of anilines is 2. The summed E-state index contributed by atoms with van der Waals surface area (Å²) in [4.78, 5) is 34.3. The van der Waals surface area contributed by atoms with Gasteiger partial charge in [0.1, 0.15) is 12.4 Å². The van der Waals surface area contributed by atoms with Crippen LogP contribution in [0.1, 0.15) is 15.9 Å². The van der Waals surface area contributed by atoms with Crippen LogP contribution in [0, 0.1) is 12.7 Å². The molecule has 2 aromatic heterocycles. The Hall–Kier alpha value is -4.01. The molecule has 0 amide bonds. The van der Waals surface area contributed by atoms with Gasteiger partial charge in [0, 0.05) is 49.8 Å². The number of carbonyl (C=O) groups is 1. The second-order valence-corrected chi connectivity index (χ2v) is 8.12. The van der Waals surface area contributed by atoms with Crippen molar-refractivity contribution in [2.24, 2.45) is 0 Å². The molecule has 8 nitrogen and oxygen atoms in total. The van der Waals surface area contributed by atoms with Crippen molar-refractivity contribution in [2.45, 2.75) is 13.5 Å². The Morgan fingerprint density at radius 3 is 2.33 bits per heavy atom. The molecule has 2 aromatic carbocycles. The molecular formula is C24H23FN6O2. The summed E-state index contributed by atoms with van der Waals surface area (Å²) in [5.74, 6) is -0.123. The van der Waals surface area contributed by atoms with E-state index in [0.717, 1.165) is 30.9 Å². The lowest BCUT2D eigenvalue weighted by atomic mass is 10.1. The Morgan fingerprint density at radius 1 is 0.970 bits per heavy atom. The number of piperazine rings is 1. The second kappa shape index (κ2) is 8.50. The number of Topliss-reactive ketones (excluding diaryl/α,β-unsaturated/α-hetero) is 1. The van der Waals surface area contributed by atoms with E-state index in [0.29, 0.717) is 17.0 Å². The monoisotopic (exact) mass is 446 g/mol. The summed E-state index contributed by atoms with van der Waals surface area (Å²) >= 11 is 0. The molecule has 0 aliphatic carbocycles. The largest absolute Gasteiger partial charge is 0.368 e. The quantitative estimate of drug-likeness (QED) is 0.439. The van der Waals surface area contributed by atoms with Gasteiger partial charge in [-0.3, -0.25) is 4.79 Å². The third-order valence-corrected chi connectivity index (χ3v) is 5.92. The van der Waals surface area contributed by atoms with E-state index in [-0.39, 0.29) is 12.3 Å². The minimum absolute atomic E-state index is 0.229. The maximum Gasteiger partial charge on any atom is 0.350 e. The first-order chi connectivity index (χ1) is 16.0. The van der Waals surface area contributed by atoms with Crippen molar-refractivity contribution in [1.29, 1.82) is 0 Å². The summed E-state index contributed by atoms with van der Waals surface area (Å²) in [5, 5.41) is 4.41. The molecule has 4 aromatic rings. The number of benzene rings is 2. The van der Waals surface area contributed by atoms with Crippen LogP contribution >= 0.6 is 0 Å². The number of fused-ring (bicyclic) bond motifs is 1. The van der Waals surface area contributed by atoms with Crippen molar-refractivity contribution in [3.63, 3.8) is 0 Å². The molecule has 1 fully saturated rings. The number of ketones is 1. The first kappa shape index (κ1) is 20.9. The molecule has 9 heteroatoms. The van der Waals surface area contributed by atoms with Gasteiger partial charge in [-0.1, -0.05) is 17.7 Å². The summed E-state index contributed by atoms with van der Waals surface area (Å²) in [6.07, 6.45) is 3.12. The summed E-state index contributed by atoms with van der Waals surface area (Å²) in [5.41, 5.74) is 2.74. The highest BCUT2D eigenvalue weighted by molar-refractivity contribution is 5.95. The fraction of sp³-hybridized carbons (Fsp3) is 0.250. The zero-order valence-electron chi connectivity index (χ0n) is 18.2. The normalized spacial score (nSPS) is 14.1. The first-order valence-electron chi connectivity index (χ1n) is 10.8. The number of rotatable bonds is 5. The molecule has 1 aliphatic rings. The molecule has 33 heavy (non-hydrogen) atoms. The number of halogens is 1. The van der Waals surface area contributed by atoms with Gasteiger partial charge in [-0.25, -0.2) is 23.3 Å². The third-order valence-electron chi connectivity index (χ3n) is 5.92. The summed E-state index contributed by atoms with van der Waals surface area (Å²) < 4.78 is 15.7. The van der Waals surface area contributed by atoms with Gasteiger partial charge in [-0.2, -0.15) is 0 Å². The highest BCUT2D eigenvalue weighted by Gasteiger charge is 2.23. The van der Waals surface area contributed by atoms with Gasteiger partial charge in [0.05, 0.1) is 0 Å². The Bertz CT molecular complexity index is 1350. The summed E-state index contributed by atoms with van der Waals surface area (Å²) in [7, 11) is 0. The molecule has 0 N–H and O–H groups in total. The van der Waals surface area contributed by atoms with Crippen molar-refractivity contribution in [1.82, 2.24) is 19.2 Å². The predicted octanol–water partition coefficient (Wildman–Crippen LogP) is 2.55. The van der Waals surface area contributed by atoms with Gasteiger partial charge < -0.3 is 9.80 Å². The van der Waals surface area contributed by atoms with Gasteiger partial charge in [0.2, 0.25) is 5.65 Å². The molecule has 0 unspecified atom stereocenters. The van der Waals surface area contributed by atoms with Crippen molar-refractivity contribution >= 4 is 22.9 Å². The van der Waals surface area contributed by atoms with E-state index in [4.69, 9.17) is 0 Å². The smallest absolute Gasteiger partial charge is 0.350 e. The lowest BCUT2D eigenvalue weighted by molar-refractivity contribution is 0.0966. The topological polar surface area (TPSA) is 75.7 Å². The summed E-state index contributed by atoms with van der Waals surface area (Å²) in [6, 6.07) is 13.7. The molecule has 3 heterocycles. The zero-order valence-corrected chi connectivity index (χ0v) is 18.2. The second-order valence-electron chi connectivity index (χ2n) is 8.12. The molecule has 168 valence electrons. The Kier molecular flexibility index (Phi) is 5.37. The SMILES string of the molecule is Cc1ccc(N2CCN(c3nccn4c(=O)n(CC(=O)c5ccc(F)cc5)nc34)CC2)cc1. The number of nitrogens with zero attached hydrogens (tertiary/aromatic N) is 6. The van der Waals surface area contributed by atoms with Crippen LogP contribution in [-0.2, 0) is 6.54 Å². The predicted molar refractivity (Wildman–Crippen MR) is 124 cm³/mol. The van der Waals surface area contributed by atoms with Gasteiger partial charge in [0.25, 0.3) is 0 Å². The van der Waals surface area contributed by atoms with Gasteiger partial charge in [-0.15, -0.1) is 5.10 Å². The lowest BCUT2D eigenvalue weighted by Gasteiger charge is -2.36. The Labute approximate surface area is 189 Å². The minimum Gasteiger partial charge on any atom is -0.368 e. The maximum atomic E-state index is 13.1. The number of aromatic nitrogens is 4. The van der Waals surface area contributed by atoms with Crippen LogP contribution in [0.4, 0.5) is 15.9 Å². The standard InChI is InChI=1S/C24H23FN6O2/c1-17-2-8-20(9-3-17)28-12-14-29(15-13-28)22-23-27-31(24(33)30(23)11-10-26-22)16-21(32)18-4-6-19(25)7-5-18/h2-11H,12-16H2,1H3. The van der Waals surface area contributed by atoms with Crippen LogP contribution in [0.2, 0.25) is 0 Å². The Morgan fingerprint density at radius 2 is 1.64 bits per heavy atom. The van der Waals surface area contributed by atoms with Crippen molar-refractivity contribution in [3.8, 4) is 0 Å². The fourth-order valence-corrected chi connectivity index (χ4v) is 4.06. The van der Waals surface area contributed by atoms with E-state index >= 15 is 0 Å². The van der Waals surface area contributed by atoms with Gasteiger partial charge >= 0.3 is 5.69 Å². The van der Waals surface area contributed by atoms with Crippen molar-refractivity contribution in [3.05, 3.63) is 88.4 Å². The number of aryl methyl sites for hydroxylation is 1. The molecule has 0 bridgehead atoms. The number of carbonyl (C=O) groups excluding carboxylic acids is 1. The van der Waals surface area contributed by atoms with Crippen LogP contribution < -0.4 is 15.5 Å². The molecule has 0 saturated carbocycles. The molecule has 0 radical (unpaired) electrons. The van der Waals surface area contributed by atoms with E-state index in [2.05, 4.69) is 51.1 Å². The molecular weight excluding hydrogens is 423 g/mol. The number of hydrogen-bond acceptors (Lipinski definition) is 6. The third kappa shape index (κ3) is 4.09. The maximum absolute atomic E-state index is 13.1. The highest BCUT2D eigenvalue weighted by atomic mass is 19.1. The van der Waals surface area contributed by atoms with Crippen molar-refractivity contribution in [2.75, 3.05) is 36.0 Å². The van der Waals surface area contributed by atoms with E-state index < -0.39 is 11.5 Å². The molecule has 1 aliphatic heterocycles. The average molecular weight is 446 g/mol. The zero-order chi connectivity index (χ0) is 22.9. The van der Waals surface area contributed by atoms with Crippen LogP contribution in [0.15, 0.2) is 65.7 Å². The average Bonchev–Trinajstić information content (AvgIpc) is 3.15. The van der Waals surface area contributed by atoms with E-state index in [1.807, 2.05) is 0 Å². The van der Waals surface area contributed by atoms with Gasteiger partial charge in [-0.05, 0) is 43.3 Å². The fourth-order valence-electron chi connectivity index (χ4n) is 4.06. The van der Waals surface area contributed by atoms with E-state index in [1.54, 1.807) is 12.4 Å². The Balaban J connectivity index is 1.36. The van der Waals surface area contributed by atoms with Gasteiger partial charge in [0.15, 0.2) is 11.6 Å². The molecule has 0 spiro atoms. The minimum atomic E-state index is -0.422. The van der Waals surface area contributed by atoms with Crippen LogP contribution in [0.25, 0.3) is 5.65 Å². The van der Waals surface area contributed by atoms with Crippen LogP contribution in [-0.4, -0.2) is 51.1 Å². The van der Waals surface area contributed by atoms with Crippen LogP contribution in [0.3, 0.4) is 0 Å². The first-order valence-corrected chi connectivity index (χ1v) is 10.8. The molecule has 5 rings (SSSR count). The summed E-state index contributed by atoms with van der Waals surface area (Å²) in [6.45, 7) is 4.95. The lowest BCUT2D eigenvalue weighted by Crippen LogP contribution is -2.47. The van der Waals surface area contributed by atoms with E-state index in [9.17, 15) is 14.0 Å². The molecule has 1 saturated heterocycles. The molecule has 0 atom stereocenters. The van der Waals surface area contributed by atoms with E-state index in [1.165, 1.54) is 39.9 Å². The van der Waals surface area contributed by atoms with Crippen LogP contribution in [0.5, 0.6) is 0 Å². The number of hydrogen-bond donors (Lipinski definition) is 0.